The minimum Gasteiger partial charge on any atom is -0.256 e. The second-order valence-corrected chi connectivity index (χ2v) is 13.5. The number of hydrogen-bond donors (Lipinski definition) is 0. The highest BCUT2D eigenvalue weighted by atomic mass is 15.0. The van der Waals surface area contributed by atoms with E-state index in [0.717, 1.165) is 50.2 Å². The molecule has 0 saturated heterocycles. The molecule has 0 fully saturated rings. The third-order valence-electron chi connectivity index (χ3n) is 10.1. The van der Waals surface area contributed by atoms with E-state index in [2.05, 4.69) is 114 Å². The van der Waals surface area contributed by atoms with Crippen molar-refractivity contribution in [2.75, 3.05) is 0 Å². The van der Waals surface area contributed by atoms with Gasteiger partial charge in [-0.3, -0.25) is 4.98 Å². The summed E-state index contributed by atoms with van der Waals surface area (Å²) in [7, 11) is 0. The molecule has 0 aliphatic rings. The Morgan fingerprint density at radius 1 is 0.241 bits per heavy atom. The summed E-state index contributed by atoms with van der Waals surface area (Å²) in [6, 6.07) is 65.9. The van der Waals surface area contributed by atoms with Gasteiger partial charge in [0.1, 0.15) is 0 Å². The Labute approximate surface area is 313 Å². The van der Waals surface area contributed by atoms with E-state index in [1.54, 1.807) is 0 Å². The van der Waals surface area contributed by atoms with Gasteiger partial charge in [0.05, 0.1) is 5.69 Å². The standard InChI is InChI=1S/C50H32N4/c1-3-13-35(14-4-1)48-52-49(36-15-5-2-6-16-36)54-50(53-48)40-30-38(33-22-24-34(25-23-33)47-21-11-12-28-51-47)29-39(31-40)37-26-27-45-43-19-8-7-17-41(43)42-18-9-10-20-44(42)46(45)32-37/h1-32H. The van der Waals surface area contributed by atoms with Crippen LogP contribution in [0.5, 0.6) is 0 Å². The van der Waals surface area contributed by atoms with Gasteiger partial charge in [-0.2, -0.15) is 0 Å². The molecule has 10 rings (SSSR count). The number of benzene rings is 8. The van der Waals surface area contributed by atoms with Crippen molar-refractivity contribution in [2.45, 2.75) is 0 Å². The molecule has 0 aliphatic heterocycles. The molecular weight excluding hydrogens is 657 g/mol. The summed E-state index contributed by atoms with van der Waals surface area (Å²) in [6.45, 7) is 0. The van der Waals surface area contributed by atoms with Crippen LogP contribution in [0.4, 0.5) is 0 Å². The molecule has 0 bridgehead atoms. The highest BCUT2D eigenvalue weighted by molar-refractivity contribution is 6.25. The average Bonchev–Trinajstić information content (AvgIpc) is 3.27. The van der Waals surface area contributed by atoms with Crippen LogP contribution in [-0.2, 0) is 0 Å². The maximum atomic E-state index is 5.12. The lowest BCUT2D eigenvalue weighted by Gasteiger charge is -2.14. The van der Waals surface area contributed by atoms with E-state index < -0.39 is 0 Å². The second kappa shape index (κ2) is 13.4. The molecule has 0 atom stereocenters. The number of hydrogen-bond acceptors (Lipinski definition) is 4. The van der Waals surface area contributed by atoms with Gasteiger partial charge in [0, 0.05) is 28.5 Å². The molecule has 2 heterocycles. The van der Waals surface area contributed by atoms with E-state index in [9.17, 15) is 0 Å². The summed E-state index contributed by atoms with van der Waals surface area (Å²) in [5.41, 5.74) is 9.17. The lowest BCUT2D eigenvalue weighted by molar-refractivity contribution is 1.07. The molecule has 0 radical (unpaired) electrons. The van der Waals surface area contributed by atoms with Crippen LogP contribution < -0.4 is 0 Å². The van der Waals surface area contributed by atoms with Crippen molar-refractivity contribution < 1.29 is 0 Å². The minimum atomic E-state index is 0.619. The van der Waals surface area contributed by atoms with Gasteiger partial charge >= 0.3 is 0 Å². The first kappa shape index (κ1) is 31.4. The summed E-state index contributed by atoms with van der Waals surface area (Å²) in [5.74, 6) is 1.89. The van der Waals surface area contributed by atoms with Gasteiger partial charge in [0.2, 0.25) is 0 Å². The monoisotopic (exact) mass is 688 g/mol. The Morgan fingerprint density at radius 3 is 1.22 bits per heavy atom. The Balaban J connectivity index is 1.19. The summed E-state index contributed by atoms with van der Waals surface area (Å²) in [5, 5.41) is 7.50. The second-order valence-electron chi connectivity index (χ2n) is 13.5. The molecule has 0 unspecified atom stereocenters. The molecule has 0 aliphatic carbocycles. The fourth-order valence-electron chi connectivity index (χ4n) is 7.48. The van der Waals surface area contributed by atoms with Crippen molar-refractivity contribution >= 4 is 32.3 Å². The number of rotatable bonds is 6. The molecule has 2 aromatic heterocycles. The van der Waals surface area contributed by atoms with Gasteiger partial charge < -0.3 is 0 Å². The number of nitrogens with zero attached hydrogens (tertiary/aromatic N) is 4. The first-order valence-corrected chi connectivity index (χ1v) is 18.1. The van der Waals surface area contributed by atoms with Crippen LogP contribution in [0.25, 0.3) is 100.0 Å². The molecule has 0 N–H and O–H groups in total. The number of fused-ring (bicyclic) bond motifs is 6. The van der Waals surface area contributed by atoms with Crippen LogP contribution in [0.3, 0.4) is 0 Å². The van der Waals surface area contributed by atoms with Gasteiger partial charge in [-0.25, -0.2) is 15.0 Å². The van der Waals surface area contributed by atoms with Gasteiger partial charge in [-0.1, -0.05) is 152 Å². The Kier molecular flexibility index (Phi) is 7.77. The summed E-state index contributed by atoms with van der Waals surface area (Å²) in [6.07, 6.45) is 1.83. The molecule has 0 saturated carbocycles. The number of aromatic nitrogens is 4. The van der Waals surface area contributed by atoms with E-state index in [-0.39, 0.29) is 0 Å². The summed E-state index contributed by atoms with van der Waals surface area (Å²) >= 11 is 0. The van der Waals surface area contributed by atoms with E-state index in [1.165, 1.54) is 32.3 Å². The molecule has 252 valence electrons. The minimum absolute atomic E-state index is 0.619. The molecule has 0 amide bonds. The molecule has 10 aromatic rings. The molecule has 4 nitrogen and oxygen atoms in total. The first-order valence-electron chi connectivity index (χ1n) is 18.1. The molecular formula is C50H32N4. The predicted octanol–water partition coefficient (Wildman–Crippen LogP) is 12.7. The summed E-state index contributed by atoms with van der Waals surface area (Å²) < 4.78 is 0. The third-order valence-corrected chi connectivity index (χ3v) is 10.1. The van der Waals surface area contributed by atoms with Crippen LogP contribution in [-0.4, -0.2) is 19.9 Å². The van der Waals surface area contributed by atoms with Crippen molar-refractivity contribution in [2.24, 2.45) is 0 Å². The van der Waals surface area contributed by atoms with Gasteiger partial charge in [0.25, 0.3) is 0 Å². The lowest BCUT2D eigenvalue weighted by atomic mass is 9.90. The fraction of sp³-hybridized carbons (Fsp3) is 0. The third kappa shape index (κ3) is 5.76. The van der Waals surface area contributed by atoms with Crippen LogP contribution in [0.1, 0.15) is 0 Å². The van der Waals surface area contributed by atoms with Gasteiger partial charge in [0.15, 0.2) is 17.5 Å². The maximum Gasteiger partial charge on any atom is 0.164 e. The van der Waals surface area contributed by atoms with Crippen molar-refractivity contribution in [1.82, 2.24) is 19.9 Å². The fourth-order valence-corrected chi connectivity index (χ4v) is 7.48. The van der Waals surface area contributed by atoms with E-state index in [0.29, 0.717) is 17.5 Å². The Bertz CT molecular complexity index is 2870. The van der Waals surface area contributed by atoms with Crippen LogP contribution in [0.15, 0.2) is 194 Å². The zero-order chi connectivity index (χ0) is 35.8. The molecule has 4 heteroatoms. The Morgan fingerprint density at radius 2 is 0.667 bits per heavy atom. The first-order chi connectivity index (χ1) is 26.7. The average molecular weight is 689 g/mol. The van der Waals surface area contributed by atoms with Crippen LogP contribution in [0, 0.1) is 0 Å². The van der Waals surface area contributed by atoms with Crippen molar-refractivity contribution in [3.63, 3.8) is 0 Å². The Hall–Kier alpha value is -7.30. The highest BCUT2D eigenvalue weighted by Crippen LogP contribution is 2.39. The van der Waals surface area contributed by atoms with Crippen molar-refractivity contribution in [1.29, 1.82) is 0 Å². The lowest BCUT2D eigenvalue weighted by Crippen LogP contribution is -2.00. The van der Waals surface area contributed by atoms with Crippen molar-refractivity contribution in [3.05, 3.63) is 194 Å². The SMILES string of the molecule is c1ccc(-c2nc(-c3ccccc3)nc(-c3cc(-c4ccc(-c5ccccn5)cc4)cc(-c4ccc5c6ccccc6c6ccccc6c5c4)c3)n2)cc1. The number of pyridine rings is 1. The molecule has 0 spiro atoms. The summed E-state index contributed by atoms with van der Waals surface area (Å²) in [4.78, 5) is 19.8. The zero-order valence-electron chi connectivity index (χ0n) is 29.3. The van der Waals surface area contributed by atoms with Gasteiger partial charge in [-0.15, -0.1) is 0 Å². The highest BCUT2D eigenvalue weighted by Gasteiger charge is 2.16. The zero-order valence-corrected chi connectivity index (χ0v) is 29.3. The smallest absolute Gasteiger partial charge is 0.164 e. The maximum absolute atomic E-state index is 5.12. The topological polar surface area (TPSA) is 51.6 Å². The quantitative estimate of drug-likeness (QED) is 0.163. The van der Waals surface area contributed by atoms with E-state index in [4.69, 9.17) is 15.0 Å². The van der Waals surface area contributed by atoms with Gasteiger partial charge in [-0.05, 0) is 91.0 Å². The van der Waals surface area contributed by atoms with Crippen LogP contribution in [0.2, 0.25) is 0 Å². The predicted molar refractivity (Wildman–Crippen MR) is 223 cm³/mol. The van der Waals surface area contributed by atoms with Crippen LogP contribution >= 0.6 is 0 Å². The molecule has 8 aromatic carbocycles. The van der Waals surface area contributed by atoms with Crippen molar-refractivity contribution in [3.8, 4) is 67.7 Å². The van der Waals surface area contributed by atoms with E-state index in [1.807, 2.05) is 85.1 Å². The largest absolute Gasteiger partial charge is 0.256 e. The van der Waals surface area contributed by atoms with E-state index >= 15 is 0 Å². The normalized spacial score (nSPS) is 11.3. The molecule has 54 heavy (non-hydrogen) atoms.